The molecule has 1 aromatic carbocycles. The standard InChI is InChI=1S/C19H16F3N3O/c1-12-8-9-14(10-12)24-25-16(13-6-4-3-5-7-13)11-15(19(20,21)22)17(23-2)18(25)26/h3-7,11-12H,8-10H2,1H3/b24-14+. The number of aromatic nitrogens is 1. The zero-order valence-corrected chi connectivity index (χ0v) is 14.0. The number of pyridine rings is 1. The summed E-state index contributed by atoms with van der Waals surface area (Å²) in [6, 6.07) is 9.14. The fraction of sp³-hybridized carbons (Fsp3) is 0.316. The molecule has 1 unspecified atom stereocenters. The highest BCUT2D eigenvalue weighted by atomic mass is 19.4. The molecular formula is C19H16F3N3O. The van der Waals surface area contributed by atoms with Crippen molar-refractivity contribution < 1.29 is 13.2 Å². The Morgan fingerprint density at radius 2 is 1.96 bits per heavy atom. The van der Waals surface area contributed by atoms with Gasteiger partial charge in [0.25, 0.3) is 11.2 Å². The van der Waals surface area contributed by atoms with E-state index in [2.05, 4.69) is 16.9 Å². The largest absolute Gasteiger partial charge is 0.407 e. The molecule has 0 N–H and O–H groups in total. The van der Waals surface area contributed by atoms with Crippen LogP contribution >= 0.6 is 0 Å². The van der Waals surface area contributed by atoms with E-state index in [4.69, 9.17) is 6.57 Å². The highest BCUT2D eigenvalue weighted by Crippen LogP contribution is 2.37. The van der Waals surface area contributed by atoms with Crippen molar-refractivity contribution in [3.05, 3.63) is 63.7 Å². The van der Waals surface area contributed by atoms with Gasteiger partial charge in [0.2, 0.25) is 0 Å². The fourth-order valence-electron chi connectivity index (χ4n) is 3.08. The molecule has 0 radical (unpaired) electrons. The van der Waals surface area contributed by atoms with Gasteiger partial charge in [-0.15, -0.1) is 0 Å². The van der Waals surface area contributed by atoms with Crippen molar-refractivity contribution in [3.8, 4) is 11.3 Å². The van der Waals surface area contributed by atoms with E-state index in [1.807, 2.05) is 0 Å². The van der Waals surface area contributed by atoms with Gasteiger partial charge in [-0.05, 0) is 31.2 Å². The number of benzene rings is 1. The lowest BCUT2D eigenvalue weighted by atomic mass is 10.1. The maximum absolute atomic E-state index is 13.4. The molecule has 1 saturated carbocycles. The lowest BCUT2D eigenvalue weighted by molar-refractivity contribution is -0.136. The van der Waals surface area contributed by atoms with Gasteiger partial charge in [-0.25, -0.2) is 9.52 Å². The van der Waals surface area contributed by atoms with Gasteiger partial charge in [0.1, 0.15) is 0 Å². The maximum Gasteiger partial charge on any atom is 0.407 e. The first-order valence-electron chi connectivity index (χ1n) is 8.18. The van der Waals surface area contributed by atoms with E-state index in [-0.39, 0.29) is 5.69 Å². The topological polar surface area (TPSA) is 38.7 Å². The quantitative estimate of drug-likeness (QED) is 0.687. The van der Waals surface area contributed by atoms with E-state index in [0.29, 0.717) is 24.3 Å². The highest BCUT2D eigenvalue weighted by molar-refractivity contribution is 5.86. The van der Waals surface area contributed by atoms with Crippen LogP contribution in [0, 0.1) is 12.5 Å². The minimum atomic E-state index is -4.79. The van der Waals surface area contributed by atoms with Crippen LogP contribution in [-0.2, 0) is 6.18 Å². The molecule has 1 aliphatic rings. The van der Waals surface area contributed by atoms with Crippen LogP contribution in [0.2, 0.25) is 0 Å². The van der Waals surface area contributed by atoms with E-state index >= 15 is 0 Å². The van der Waals surface area contributed by atoms with Crippen LogP contribution in [-0.4, -0.2) is 10.4 Å². The van der Waals surface area contributed by atoms with Crippen LogP contribution in [0.5, 0.6) is 0 Å². The molecule has 1 aromatic heterocycles. The van der Waals surface area contributed by atoms with Crippen LogP contribution in [0.25, 0.3) is 16.1 Å². The number of alkyl halides is 3. The fourth-order valence-corrected chi connectivity index (χ4v) is 3.08. The van der Waals surface area contributed by atoms with Gasteiger partial charge in [-0.2, -0.15) is 18.3 Å². The molecule has 2 aromatic rings. The molecule has 0 saturated heterocycles. The second kappa shape index (κ2) is 6.79. The summed E-state index contributed by atoms with van der Waals surface area (Å²) in [4.78, 5) is 15.5. The molecule has 0 spiro atoms. The van der Waals surface area contributed by atoms with Gasteiger partial charge in [0, 0.05) is 11.3 Å². The van der Waals surface area contributed by atoms with Crippen LogP contribution in [0.15, 0.2) is 46.3 Å². The second-order valence-corrected chi connectivity index (χ2v) is 6.40. The van der Waals surface area contributed by atoms with E-state index in [1.165, 1.54) is 0 Å². The third kappa shape index (κ3) is 3.40. The average Bonchev–Trinajstić information content (AvgIpc) is 3.01. The predicted molar refractivity (Wildman–Crippen MR) is 93.3 cm³/mol. The first kappa shape index (κ1) is 17.9. The highest BCUT2D eigenvalue weighted by Gasteiger charge is 2.36. The first-order chi connectivity index (χ1) is 12.3. The summed E-state index contributed by atoms with van der Waals surface area (Å²) in [6.07, 6.45) is -2.49. The predicted octanol–water partition coefficient (Wildman–Crippen LogP) is 5.11. The molecular weight excluding hydrogens is 343 g/mol. The second-order valence-electron chi connectivity index (χ2n) is 6.40. The average molecular weight is 359 g/mol. The zero-order valence-electron chi connectivity index (χ0n) is 14.0. The molecule has 4 nitrogen and oxygen atoms in total. The van der Waals surface area contributed by atoms with E-state index in [1.54, 1.807) is 30.3 Å². The van der Waals surface area contributed by atoms with Crippen molar-refractivity contribution >= 4 is 11.4 Å². The van der Waals surface area contributed by atoms with Crippen molar-refractivity contribution in [1.29, 1.82) is 0 Å². The third-order valence-corrected chi connectivity index (χ3v) is 4.40. The minimum Gasteiger partial charge on any atom is -0.281 e. The van der Waals surface area contributed by atoms with Crippen molar-refractivity contribution in [2.75, 3.05) is 0 Å². The molecule has 7 heteroatoms. The molecule has 1 aliphatic carbocycles. The summed E-state index contributed by atoms with van der Waals surface area (Å²) < 4.78 is 41.1. The van der Waals surface area contributed by atoms with Gasteiger partial charge < -0.3 is 0 Å². The summed E-state index contributed by atoms with van der Waals surface area (Å²) in [5.74, 6) is 0.416. The van der Waals surface area contributed by atoms with Gasteiger partial charge in [0.15, 0.2) is 0 Å². The van der Waals surface area contributed by atoms with Crippen LogP contribution < -0.4 is 5.56 Å². The molecule has 1 fully saturated rings. The first-order valence-corrected chi connectivity index (χ1v) is 8.18. The Bertz CT molecular complexity index is 953. The smallest absolute Gasteiger partial charge is 0.281 e. The van der Waals surface area contributed by atoms with Gasteiger partial charge in [-0.3, -0.25) is 4.79 Å². The van der Waals surface area contributed by atoms with Crippen molar-refractivity contribution in [2.45, 2.75) is 32.4 Å². The van der Waals surface area contributed by atoms with Crippen molar-refractivity contribution in [3.63, 3.8) is 0 Å². The molecule has 0 aliphatic heterocycles. The van der Waals surface area contributed by atoms with Gasteiger partial charge in [-0.1, -0.05) is 37.3 Å². The molecule has 0 bridgehead atoms. The van der Waals surface area contributed by atoms with Crippen LogP contribution in [0.1, 0.15) is 31.7 Å². The normalized spacial score (nSPS) is 18.9. The Morgan fingerprint density at radius 1 is 1.27 bits per heavy atom. The van der Waals surface area contributed by atoms with Crippen LogP contribution in [0.3, 0.4) is 0 Å². The Hall–Kier alpha value is -2.88. The summed E-state index contributed by atoms with van der Waals surface area (Å²) in [5.41, 5.74) is -2.00. The van der Waals surface area contributed by atoms with Gasteiger partial charge >= 0.3 is 6.18 Å². The maximum atomic E-state index is 13.4. The van der Waals surface area contributed by atoms with Gasteiger partial charge in [0.05, 0.1) is 17.8 Å². The molecule has 0 amide bonds. The molecule has 1 atom stereocenters. The van der Waals surface area contributed by atoms with E-state index in [9.17, 15) is 18.0 Å². The van der Waals surface area contributed by atoms with Crippen molar-refractivity contribution in [2.24, 2.45) is 11.0 Å². The monoisotopic (exact) mass is 359 g/mol. The summed E-state index contributed by atoms with van der Waals surface area (Å²) >= 11 is 0. The Kier molecular flexibility index (Phi) is 4.68. The van der Waals surface area contributed by atoms with Crippen molar-refractivity contribution in [1.82, 2.24) is 4.68 Å². The SMILES string of the molecule is [C-]#[N+]c1c(C(F)(F)F)cc(-c2ccccc2)n(/N=C2\CCC(C)C2)c1=O. The number of nitrogens with zero attached hydrogens (tertiary/aromatic N) is 3. The zero-order chi connectivity index (χ0) is 18.9. The lowest BCUT2D eigenvalue weighted by Crippen LogP contribution is -2.23. The number of rotatable bonds is 2. The third-order valence-electron chi connectivity index (χ3n) is 4.40. The molecule has 26 heavy (non-hydrogen) atoms. The van der Waals surface area contributed by atoms with E-state index in [0.717, 1.165) is 22.9 Å². The lowest BCUT2D eigenvalue weighted by Gasteiger charge is -2.15. The Morgan fingerprint density at radius 3 is 2.50 bits per heavy atom. The number of hydrogen-bond acceptors (Lipinski definition) is 2. The molecule has 1 heterocycles. The van der Waals surface area contributed by atoms with E-state index < -0.39 is 23.0 Å². The number of halogens is 3. The molecule has 134 valence electrons. The molecule has 3 rings (SSSR count). The summed E-state index contributed by atoms with van der Waals surface area (Å²) in [7, 11) is 0. The minimum absolute atomic E-state index is 0.0300. The Balaban J connectivity index is 2.31. The Labute approximate surface area is 148 Å². The summed E-state index contributed by atoms with van der Waals surface area (Å²) in [6.45, 7) is 9.11. The number of hydrogen-bond donors (Lipinski definition) is 0. The summed E-state index contributed by atoms with van der Waals surface area (Å²) in [5, 5.41) is 4.33. The van der Waals surface area contributed by atoms with Crippen LogP contribution in [0.4, 0.5) is 18.9 Å².